The zero-order valence-electron chi connectivity index (χ0n) is 20.8. The second kappa shape index (κ2) is 10.4. The number of benzene rings is 1. The molecule has 0 bridgehead atoms. The predicted octanol–water partition coefficient (Wildman–Crippen LogP) is 4.81. The number of aromatic nitrogens is 2. The molecule has 0 amide bonds. The van der Waals surface area contributed by atoms with Gasteiger partial charge in [-0.3, -0.25) is 9.88 Å². The van der Waals surface area contributed by atoms with Crippen LogP contribution in [0.15, 0.2) is 54.7 Å². The van der Waals surface area contributed by atoms with E-state index in [1.54, 1.807) is 16.8 Å². The molecule has 3 aromatic rings. The molecule has 4 heterocycles. The zero-order valence-corrected chi connectivity index (χ0v) is 21.6. The third-order valence-corrected chi connectivity index (χ3v) is 7.55. The monoisotopic (exact) mass is 529 g/mol. The Morgan fingerprint density at radius 1 is 1.05 bits per heavy atom. The SMILES string of the molecule is Cc1cc([C@@H]2[C@H](c3ccccn3)NC(=S)N2CCN2CCOCC2)c(C)n1-c1ccccc1C(F)(F)F. The van der Waals surface area contributed by atoms with Gasteiger partial charge in [-0.1, -0.05) is 18.2 Å². The van der Waals surface area contributed by atoms with Crippen LogP contribution >= 0.6 is 12.2 Å². The minimum atomic E-state index is -4.46. The highest BCUT2D eigenvalue weighted by Gasteiger charge is 2.42. The number of nitrogens with one attached hydrogen (secondary N) is 1. The van der Waals surface area contributed by atoms with E-state index < -0.39 is 11.7 Å². The van der Waals surface area contributed by atoms with E-state index in [0.29, 0.717) is 24.9 Å². The summed E-state index contributed by atoms with van der Waals surface area (Å²) in [6.07, 6.45) is -2.71. The summed E-state index contributed by atoms with van der Waals surface area (Å²) in [5, 5.41) is 4.07. The number of nitrogens with zero attached hydrogens (tertiary/aromatic N) is 4. The van der Waals surface area contributed by atoms with Gasteiger partial charge >= 0.3 is 6.18 Å². The smallest absolute Gasteiger partial charge is 0.379 e. The van der Waals surface area contributed by atoms with E-state index in [2.05, 4.69) is 20.1 Å². The van der Waals surface area contributed by atoms with E-state index >= 15 is 0 Å². The quantitative estimate of drug-likeness (QED) is 0.463. The van der Waals surface area contributed by atoms with Gasteiger partial charge in [-0.2, -0.15) is 13.2 Å². The first-order chi connectivity index (χ1) is 17.8. The lowest BCUT2D eigenvalue weighted by Gasteiger charge is -2.32. The van der Waals surface area contributed by atoms with E-state index in [4.69, 9.17) is 17.0 Å². The lowest BCUT2D eigenvalue weighted by atomic mass is 9.96. The van der Waals surface area contributed by atoms with Crippen molar-refractivity contribution < 1.29 is 17.9 Å². The largest absolute Gasteiger partial charge is 0.418 e. The van der Waals surface area contributed by atoms with Gasteiger partial charge in [-0.25, -0.2) is 0 Å². The van der Waals surface area contributed by atoms with Gasteiger partial charge in [0.2, 0.25) is 0 Å². The summed E-state index contributed by atoms with van der Waals surface area (Å²) in [5.41, 5.74) is 2.72. The van der Waals surface area contributed by atoms with Crippen LogP contribution in [0.25, 0.3) is 5.69 Å². The molecule has 6 nitrogen and oxygen atoms in total. The van der Waals surface area contributed by atoms with Crippen LogP contribution < -0.4 is 5.32 Å². The van der Waals surface area contributed by atoms with Crippen LogP contribution in [0.1, 0.15) is 40.3 Å². The van der Waals surface area contributed by atoms with Gasteiger partial charge in [-0.05, 0) is 62.0 Å². The first kappa shape index (κ1) is 25.7. The average Bonchev–Trinajstić information content (AvgIpc) is 3.37. The second-order valence-corrected chi connectivity index (χ2v) is 9.84. The Bertz CT molecular complexity index is 1260. The van der Waals surface area contributed by atoms with Crippen molar-refractivity contribution in [3.05, 3.63) is 82.9 Å². The number of rotatable bonds is 6. The molecule has 2 atom stereocenters. The third kappa shape index (κ3) is 5.10. The molecule has 0 aliphatic carbocycles. The summed E-state index contributed by atoms with van der Waals surface area (Å²) in [5.74, 6) is 0. The number of alkyl halides is 3. The van der Waals surface area contributed by atoms with E-state index in [1.165, 1.54) is 12.1 Å². The van der Waals surface area contributed by atoms with E-state index in [9.17, 15) is 13.2 Å². The first-order valence-corrected chi connectivity index (χ1v) is 12.8. The molecule has 1 N–H and O–H groups in total. The molecule has 10 heteroatoms. The van der Waals surface area contributed by atoms with Crippen LogP contribution in [0.5, 0.6) is 0 Å². The maximum atomic E-state index is 13.9. The Labute approximate surface area is 220 Å². The molecule has 5 rings (SSSR count). The van der Waals surface area contributed by atoms with Crippen molar-refractivity contribution >= 4 is 17.3 Å². The van der Waals surface area contributed by atoms with Crippen LogP contribution in [-0.2, 0) is 10.9 Å². The fourth-order valence-electron chi connectivity index (χ4n) is 5.42. The highest BCUT2D eigenvalue weighted by Crippen LogP contribution is 2.42. The van der Waals surface area contributed by atoms with Gasteiger partial charge in [0.05, 0.1) is 42.2 Å². The molecule has 2 fully saturated rings. The summed E-state index contributed by atoms with van der Waals surface area (Å²) in [4.78, 5) is 9.09. The number of hydrogen-bond donors (Lipinski definition) is 1. The average molecular weight is 530 g/mol. The van der Waals surface area contributed by atoms with E-state index in [0.717, 1.165) is 48.3 Å². The van der Waals surface area contributed by atoms with Crippen molar-refractivity contribution in [3.63, 3.8) is 0 Å². The summed E-state index contributed by atoms with van der Waals surface area (Å²) < 4.78 is 48.9. The molecule has 0 spiro atoms. The summed E-state index contributed by atoms with van der Waals surface area (Å²) >= 11 is 5.80. The van der Waals surface area contributed by atoms with Crippen molar-refractivity contribution in [1.29, 1.82) is 0 Å². The fourth-order valence-corrected chi connectivity index (χ4v) is 5.76. The number of hydrogen-bond acceptors (Lipinski definition) is 4. The molecule has 2 saturated heterocycles. The number of aryl methyl sites for hydroxylation is 1. The number of halogens is 3. The lowest BCUT2D eigenvalue weighted by Crippen LogP contribution is -2.42. The topological polar surface area (TPSA) is 45.6 Å². The molecule has 2 aromatic heterocycles. The number of pyridine rings is 1. The van der Waals surface area contributed by atoms with Crippen molar-refractivity contribution in [2.75, 3.05) is 39.4 Å². The molecule has 1 aromatic carbocycles. The van der Waals surface area contributed by atoms with Crippen molar-refractivity contribution in [1.82, 2.24) is 24.7 Å². The number of para-hydroxylation sites is 1. The molecule has 37 heavy (non-hydrogen) atoms. The zero-order chi connectivity index (χ0) is 26.2. The Morgan fingerprint density at radius 3 is 2.49 bits per heavy atom. The van der Waals surface area contributed by atoms with Crippen LogP contribution in [-0.4, -0.2) is 63.9 Å². The highest BCUT2D eigenvalue weighted by atomic mass is 32.1. The minimum absolute atomic E-state index is 0.124. The maximum Gasteiger partial charge on any atom is 0.418 e. The van der Waals surface area contributed by atoms with Crippen LogP contribution in [0, 0.1) is 13.8 Å². The standard InChI is InChI=1S/C27H30F3N5OS/c1-18-17-20(19(2)35(18)23-9-4-3-7-21(23)27(28,29)30)25-24(22-8-5-6-10-31-22)32-26(37)34(25)12-11-33-13-15-36-16-14-33/h3-10,17,24-25H,11-16H2,1-2H3,(H,32,37)/t24-,25+/m0/s1. The van der Waals surface area contributed by atoms with Crippen LogP contribution in [0.2, 0.25) is 0 Å². The molecule has 0 unspecified atom stereocenters. The van der Waals surface area contributed by atoms with Crippen molar-refractivity contribution in [2.24, 2.45) is 0 Å². The minimum Gasteiger partial charge on any atom is -0.379 e. The highest BCUT2D eigenvalue weighted by molar-refractivity contribution is 7.80. The third-order valence-electron chi connectivity index (χ3n) is 7.20. The summed E-state index contributed by atoms with van der Waals surface area (Å²) in [6, 6.07) is 13.0. The maximum absolute atomic E-state index is 13.9. The molecule has 196 valence electrons. The summed E-state index contributed by atoms with van der Waals surface area (Å²) in [6.45, 7) is 8.38. The molecular weight excluding hydrogens is 499 g/mol. The Hall–Kier alpha value is -2.95. The van der Waals surface area contributed by atoms with E-state index in [-0.39, 0.29) is 17.8 Å². The summed E-state index contributed by atoms with van der Waals surface area (Å²) in [7, 11) is 0. The van der Waals surface area contributed by atoms with Gasteiger partial charge in [0.15, 0.2) is 5.11 Å². The van der Waals surface area contributed by atoms with Crippen molar-refractivity contribution in [3.8, 4) is 5.69 Å². The molecule has 2 aliphatic rings. The Balaban J connectivity index is 1.56. The van der Waals surface area contributed by atoms with E-state index in [1.807, 2.05) is 38.1 Å². The van der Waals surface area contributed by atoms with Gasteiger partial charge in [0.25, 0.3) is 0 Å². The molecular formula is C27H30F3N5OS. The van der Waals surface area contributed by atoms with Crippen molar-refractivity contribution in [2.45, 2.75) is 32.1 Å². The molecule has 0 saturated carbocycles. The van der Waals surface area contributed by atoms with Gasteiger partial charge in [-0.15, -0.1) is 0 Å². The van der Waals surface area contributed by atoms with Crippen LogP contribution in [0.4, 0.5) is 13.2 Å². The normalized spacial score (nSPS) is 20.9. The van der Waals surface area contributed by atoms with Crippen LogP contribution in [0.3, 0.4) is 0 Å². The molecule has 0 radical (unpaired) electrons. The first-order valence-electron chi connectivity index (χ1n) is 12.4. The van der Waals surface area contributed by atoms with Gasteiger partial charge < -0.3 is 19.5 Å². The predicted molar refractivity (Wildman–Crippen MR) is 140 cm³/mol. The molecule has 2 aliphatic heterocycles. The number of ether oxygens (including phenoxy) is 1. The lowest BCUT2D eigenvalue weighted by molar-refractivity contribution is -0.137. The van der Waals surface area contributed by atoms with Gasteiger partial charge in [0, 0.05) is 43.8 Å². The second-order valence-electron chi connectivity index (χ2n) is 9.45. The Kier molecular flexibility index (Phi) is 7.24. The number of thiocarbonyl (C=S) groups is 1. The van der Waals surface area contributed by atoms with Gasteiger partial charge in [0.1, 0.15) is 0 Å². The number of morpholine rings is 1. The Morgan fingerprint density at radius 2 is 1.78 bits per heavy atom. The fraction of sp³-hybridized carbons (Fsp3) is 0.407.